The molecular weight excluding hydrogens is 540 g/mol. The van der Waals surface area contributed by atoms with Gasteiger partial charge in [-0.3, -0.25) is 0 Å². The van der Waals surface area contributed by atoms with Gasteiger partial charge >= 0.3 is 0 Å². The maximum Gasteiger partial charge on any atom is -0.00107 e. The van der Waals surface area contributed by atoms with Gasteiger partial charge in [0, 0.05) is 0 Å². The maximum absolute atomic E-state index is 2.39. The lowest BCUT2D eigenvalue weighted by atomic mass is 9.72. The molecular formula is C45H36. The number of hydrogen-bond donors (Lipinski definition) is 0. The molecule has 2 aliphatic carbocycles. The summed E-state index contributed by atoms with van der Waals surface area (Å²) in [5.74, 6) is 1.16. The van der Waals surface area contributed by atoms with Crippen molar-refractivity contribution in [2.75, 3.05) is 0 Å². The van der Waals surface area contributed by atoms with E-state index in [2.05, 4.69) is 146 Å². The van der Waals surface area contributed by atoms with Crippen molar-refractivity contribution in [2.45, 2.75) is 38.0 Å². The minimum atomic E-state index is 0.555. The first-order valence-electron chi connectivity index (χ1n) is 16.6. The van der Waals surface area contributed by atoms with Crippen LogP contribution in [-0.4, -0.2) is 0 Å². The van der Waals surface area contributed by atoms with Crippen molar-refractivity contribution in [1.29, 1.82) is 0 Å². The van der Waals surface area contributed by atoms with Crippen LogP contribution in [0.5, 0.6) is 0 Å². The van der Waals surface area contributed by atoms with Gasteiger partial charge in [-0.15, -0.1) is 0 Å². The van der Waals surface area contributed by atoms with E-state index in [0.717, 1.165) is 6.42 Å². The zero-order valence-electron chi connectivity index (χ0n) is 25.5. The van der Waals surface area contributed by atoms with Gasteiger partial charge in [-0.05, 0) is 127 Å². The van der Waals surface area contributed by atoms with Crippen molar-refractivity contribution in [1.82, 2.24) is 0 Å². The highest BCUT2D eigenvalue weighted by molar-refractivity contribution is 6.16. The Kier molecular flexibility index (Phi) is 6.41. The topological polar surface area (TPSA) is 0 Å². The Hall–Kier alpha value is -4.94. The summed E-state index contributed by atoms with van der Waals surface area (Å²) in [6.07, 6.45) is 5.98. The van der Waals surface area contributed by atoms with E-state index in [0.29, 0.717) is 11.8 Å². The molecule has 0 aliphatic heterocycles. The second-order valence-corrected chi connectivity index (χ2v) is 13.1. The van der Waals surface area contributed by atoms with E-state index < -0.39 is 0 Å². The SMILES string of the molecule is c1ccc(C2=C(C3CCC(c4c5ccccc5c(-c5ccc6ccccc6c5)c5ccccc45)CC3)c3ccccc3C2)cc1. The van der Waals surface area contributed by atoms with Gasteiger partial charge in [-0.1, -0.05) is 140 Å². The van der Waals surface area contributed by atoms with Crippen LogP contribution in [0.25, 0.3) is 54.6 Å². The van der Waals surface area contributed by atoms with Gasteiger partial charge in [-0.2, -0.15) is 0 Å². The Balaban J connectivity index is 1.14. The number of allylic oxidation sites excluding steroid dienone is 2. The van der Waals surface area contributed by atoms with Crippen molar-refractivity contribution >= 4 is 43.5 Å². The third kappa shape index (κ3) is 4.43. The zero-order chi connectivity index (χ0) is 29.7. The summed E-state index contributed by atoms with van der Waals surface area (Å²) in [5, 5.41) is 8.20. The molecule has 1 saturated carbocycles. The summed E-state index contributed by atoms with van der Waals surface area (Å²) in [4.78, 5) is 0. The molecule has 0 aromatic heterocycles. The largest absolute Gasteiger partial charge is 0.0622 e. The fourth-order valence-corrected chi connectivity index (χ4v) is 8.68. The first-order valence-corrected chi connectivity index (χ1v) is 16.6. The molecule has 45 heavy (non-hydrogen) atoms. The molecule has 0 radical (unpaired) electrons. The lowest BCUT2D eigenvalue weighted by Crippen LogP contribution is -2.15. The summed E-state index contributed by atoms with van der Waals surface area (Å²) in [6.45, 7) is 0. The van der Waals surface area contributed by atoms with Gasteiger partial charge in [0.2, 0.25) is 0 Å². The van der Waals surface area contributed by atoms with E-state index in [9.17, 15) is 0 Å². The Morgan fingerprint density at radius 3 is 1.73 bits per heavy atom. The van der Waals surface area contributed by atoms with Crippen LogP contribution in [0.3, 0.4) is 0 Å². The standard InChI is InChI=1S/C45H36/c1-2-13-31(14-3-1)42-29-35-16-6-7-17-37(35)43(42)32-23-25-33(26-24-32)44-38-18-8-10-20-40(38)45(41-21-11-9-19-39(41)44)36-27-22-30-12-4-5-15-34(30)28-36/h1-22,27-28,32-33H,23-26,29H2. The highest BCUT2D eigenvalue weighted by atomic mass is 14.4. The summed E-state index contributed by atoms with van der Waals surface area (Å²) in [7, 11) is 0. The fraction of sp³-hybridized carbons (Fsp3) is 0.156. The van der Waals surface area contributed by atoms with Crippen LogP contribution >= 0.6 is 0 Å². The Bertz CT molecular complexity index is 2190. The van der Waals surface area contributed by atoms with Crippen LogP contribution in [0.2, 0.25) is 0 Å². The number of rotatable bonds is 4. The molecule has 0 unspecified atom stereocenters. The van der Waals surface area contributed by atoms with Crippen molar-refractivity contribution in [3.8, 4) is 11.1 Å². The summed E-state index contributed by atoms with van der Waals surface area (Å²) in [6, 6.07) is 54.4. The molecule has 0 N–H and O–H groups in total. The van der Waals surface area contributed by atoms with E-state index >= 15 is 0 Å². The quantitative estimate of drug-likeness (QED) is 0.183. The third-order valence-electron chi connectivity index (χ3n) is 10.7. The second-order valence-electron chi connectivity index (χ2n) is 13.1. The number of benzene rings is 7. The van der Waals surface area contributed by atoms with Crippen LogP contribution in [-0.2, 0) is 6.42 Å². The van der Waals surface area contributed by atoms with Crippen LogP contribution in [0.4, 0.5) is 0 Å². The van der Waals surface area contributed by atoms with Crippen LogP contribution in [0.1, 0.15) is 53.9 Å². The normalized spacial score (nSPS) is 18.1. The first-order chi connectivity index (χ1) is 22.3. The molecule has 0 amide bonds. The van der Waals surface area contributed by atoms with Crippen LogP contribution in [0.15, 0.2) is 146 Å². The fourth-order valence-electron chi connectivity index (χ4n) is 8.68. The summed E-state index contributed by atoms with van der Waals surface area (Å²) in [5.41, 5.74) is 11.8. The molecule has 0 nitrogen and oxygen atoms in total. The van der Waals surface area contributed by atoms with Crippen molar-refractivity contribution in [3.05, 3.63) is 168 Å². The van der Waals surface area contributed by atoms with Gasteiger partial charge in [0.05, 0.1) is 0 Å². The Labute approximate surface area is 265 Å². The van der Waals surface area contributed by atoms with Crippen molar-refractivity contribution in [2.24, 2.45) is 5.92 Å². The zero-order valence-corrected chi connectivity index (χ0v) is 25.5. The molecule has 7 aromatic rings. The molecule has 216 valence electrons. The molecule has 0 saturated heterocycles. The predicted molar refractivity (Wildman–Crippen MR) is 192 cm³/mol. The number of fused-ring (bicyclic) bond motifs is 4. The van der Waals surface area contributed by atoms with E-state index in [1.165, 1.54) is 85.8 Å². The van der Waals surface area contributed by atoms with Gasteiger partial charge in [0.25, 0.3) is 0 Å². The molecule has 0 spiro atoms. The smallest absolute Gasteiger partial charge is 0.00107 e. The Morgan fingerprint density at radius 1 is 0.422 bits per heavy atom. The first kappa shape index (κ1) is 26.5. The predicted octanol–water partition coefficient (Wildman–Crippen LogP) is 12.3. The minimum Gasteiger partial charge on any atom is -0.0622 e. The van der Waals surface area contributed by atoms with Crippen LogP contribution < -0.4 is 0 Å². The molecule has 0 heterocycles. The Morgan fingerprint density at radius 2 is 1.00 bits per heavy atom. The lowest BCUT2D eigenvalue weighted by Gasteiger charge is -2.32. The molecule has 2 aliphatic rings. The highest BCUT2D eigenvalue weighted by Gasteiger charge is 2.33. The van der Waals surface area contributed by atoms with Gasteiger partial charge in [-0.25, -0.2) is 0 Å². The van der Waals surface area contributed by atoms with E-state index in [1.54, 1.807) is 16.7 Å². The number of hydrogen-bond acceptors (Lipinski definition) is 0. The molecule has 0 heteroatoms. The monoisotopic (exact) mass is 576 g/mol. The molecule has 0 bridgehead atoms. The molecule has 0 atom stereocenters. The molecule has 9 rings (SSSR count). The van der Waals surface area contributed by atoms with Gasteiger partial charge < -0.3 is 0 Å². The molecule has 1 fully saturated rings. The average Bonchev–Trinajstić information content (AvgIpc) is 3.51. The van der Waals surface area contributed by atoms with E-state index in [4.69, 9.17) is 0 Å². The second kappa shape index (κ2) is 10.9. The summed E-state index contributed by atoms with van der Waals surface area (Å²) >= 11 is 0. The minimum absolute atomic E-state index is 0.555. The van der Waals surface area contributed by atoms with Crippen LogP contribution in [0, 0.1) is 5.92 Å². The third-order valence-corrected chi connectivity index (χ3v) is 10.7. The maximum atomic E-state index is 2.39. The average molecular weight is 577 g/mol. The van der Waals surface area contributed by atoms with E-state index in [-0.39, 0.29) is 0 Å². The molecule has 7 aromatic carbocycles. The van der Waals surface area contributed by atoms with Gasteiger partial charge in [0.15, 0.2) is 0 Å². The summed E-state index contributed by atoms with van der Waals surface area (Å²) < 4.78 is 0. The highest BCUT2D eigenvalue weighted by Crippen LogP contribution is 2.51. The van der Waals surface area contributed by atoms with Crippen molar-refractivity contribution in [3.63, 3.8) is 0 Å². The lowest BCUT2D eigenvalue weighted by molar-refractivity contribution is 0.387. The van der Waals surface area contributed by atoms with Crippen molar-refractivity contribution < 1.29 is 0 Å². The van der Waals surface area contributed by atoms with E-state index in [1.807, 2.05) is 0 Å². The van der Waals surface area contributed by atoms with Gasteiger partial charge in [0.1, 0.15) is 0 Å².